The minimum atomic E-state index is 0.258. The summed E-state index contributed by atoms with van der Waals surface area (Å²) in [6, 6.07) is 2.35. The standard InChI is InChI=1S/C60H90N2/c1-58(2,3)47-32-35-56(53(38-47)44-24-16-11-17-25-44)62(51-33-30-43(31-34-51)42-22-14-10-15-23-42)52-37-48(59(4,5)6)36-50(41-52)61-57-54(45-26-18-12-19-27-45)39-49(60(7,8)9)40-55(57)46-28-20-13-21-29-46/h10,12,14-15,18,22,24,28,30-33,35,39,42,45,47-53,55-57,61H,11,13,16-17,19-21,23,25-27,29,34,36-38,40-41H2,1-9H3/t42?,45-,47?,48?,49?,50?,51?,52?,53?,55?,56?,57?/m1/s1. The molecule has 1 fully saturated rings. The van der Waals surface area contributed by atoms with Crippen molar-refractivity contribution in [1.82, 2.24) is 10.2 Å². The van der Waals surface area contributed by atoms with Gasteiger partial charge in [-0.3, -0.25) is 4.90 Å². The van der Waals surface area contributed by atoms with E-state index in [0.717, 1.165) is 12.8 Å². The minimum absolute atomic E-state index is 0.258. The Labute approximate surface area is 381 Å². The molecule has 2 nitrogen and oxygen atoms in total. The van der Waals surface area contributed by atoms with E-state index >= 15 is 0 Å². The highest BCUT2D eigenvalue weighted by molar-refractivity contribution is 5.35. The highest BCUT2D eigenvalue weighted by Gasteiger charge is 2.47. The second-order valence-corrected chi connectivity index (χ2v) is 24.9. The van der Waals surface area contributed by atoms with Crippen LogP contribution >= 0.6 is 0 Å². The molecule has 0 aromatic carbocycles. The van der Waals surface area contributed by atoms with E-state index in [9.17, 15) is 0 Å². The smallest absolute Gasteiger partial charge is 0.0352 e. The molecule has 11 unspecified atom stereocenters. The van der Waals surface area contributed by atoms with Crippen molar-refractivity contribution in [3.63, 3.8) is 0 Å². The van der Waals surface area contributed by atoms with Crippen molar-refractivity contribution in [3.8, 4) is 0 Å². The third-order valence-corrected chi connectivity index (χ3v) is 17.7. The molecule has 0 amide bonds. The van der Waals surface area contributed by atoms with Gasteiger partial charge < -0.3 is 5.32 Å². The van der Waals surface area contributed by atoms with Gasteiger partial charge in [0.1, 0.15) is 0 Å². The summed E-state index contributed by atoms with van der Waals surface area (Å²) in [6.07, 6.45) is 58.9. The average molecular weight is 839 g/mol. The van der Waals surface area contributed by atoms with Crippen molar-refractivity contribution in [2.24, 2.45) is 57.7 Å². The van der Waals surface area contributed by atoms with E-state index in [1.54, 1.807) is 16.7 Å². The summed E-state index contributed by atoms with van der Waals surface area (Å²) in [5, 5.41) is 4.74. The molecule has 8 rings (SSSR count). The van der Waals surface area contributed by atoms with Gasteiger partial charge in [0.15, 0.2) is 0 Å². The van der Waals surface area contributed by atoms with E-state index in [-0.39, 0.29) is 16.2 Å². The fraction of sp³-hybridized carbons (Fsp3) is 0.700. The van der Waals surface area contributed by atoms with Crippen molar-refractivity contribution in [1.29, 1.82) is 0 Å². The fourth-order valence-corrected chi connectivity index (χ4v) is 13.6. The molecule has 0 saturated heterocycles. The van der Waals surface area contributed by atoms with Crippen LogP contribution in [0.5, 0.6) is 0 Å². The summed E-state index contributed by atoms with van der Waals surface area (Å²) in [7, 11) is 0. The van der Waals surface area contributed by atoms with Gasteiger partial charge >= 0.3 is 0 Å². The zero-order chi connectivity index (χ0) is 43.6. The van der Waals surface area contributed by atoms with Gasteiger partial charge in [-0.1, -0.05) is 164 Å². The Hall–Kier alpha value is -2.42. The zero-order valence-corrected chi connectivity index (χ0v) is 41.2. The first kappa shape index (κ1) is 46.1. The molecular formula is C60H90N2. The van der Waals surface area contributed by atoms with Crippen molar-refractivity contribution in [2.45, 2.75) is 208 Å². The largest absolute Gasteiger partial charge is 0.307 e. The molecular weight excluding hydrogens is 749 g/mol. The first-order valence-corrected chi connectivity index (χ1v) is 26.3. The molecule has 12 atom stereocenters. The fourth-order valence-electron chi connectivity index (χ4n) is 13.6. The molecule has 0 spiro atoms. The van der Waals surface area contributed by atoms with Crippen molar-refractivity contribution in [2.75, 3.05) is 0 Å². The van der Waals surface area contributed by atoms with Crippen LogP contribution in [0.3, 0.4) is 0 Å². The zero-order valence-electron chi connectivity index (χ0n) is 41.2. The molecule has 0 aromatic rings. The predicted octanol–water partition coefficient (Wildman–Crippen LogP) is 15.8. The SMILES string of the molecule is CC(C)(C)C1C=C([C@@H]2CC=CCC2)C(NC2CC(N(C3C=CC(C4C=CC=CC4)=CC3)C3C=CC(C(C)(C)C)CC3C3=CCCCC3)CC(C(C)(C)C)C2)C(C2=CCCCC2)C1. The molecule has 1 N–H and O–H groups in total. The topological polar surface area (TPSA) is 15.3 Å². The summed E-state index contributed by atoms with van der Waals surface area (Å²) >= 11 is 0. The Balaban J connectivity index is 1.18. The number of hydrogen-bond donors (Lipinski definition) is 1. The van der Waals surface area contributed by atoms with E-state index in [0.29, 0.717) is 71.6 Å². The van der Waals surface area contributed by atoms with E-state index < -0.39 is 0 Å². The molecule has 0 bridgehead atoms. The van der Waals surface area contributed by atoms with Gasteiger partial charge in [-0.2, -0.15) is 0 Å². The monoisotopic (exact) mass is 839 g/mol. The summed E-state index contributed by atoms with van der Waals surface area (Å²) in [5.74, 6) is 4.31. The van der Waals surface area contributed by atoms with E-state index in [2.05, 4.69) is 152 Å². The Bertz CT molecular complexity index is 1820. The Morgan fingerprint density at radius 3 is 1.92 bits per heavy atom. The van der Waals surface area contributed by atoms with Gasteiger partial charge in [-0.05, 0) is 173 Å². The van der Waals surface area contributed by atoms with Crippen molar-refractivity contribution in [3.05, 3.63) is 107 Å². The highest BCUT2D eigenvalue weighted by Crippen LogP contribution is 2.50. The van der Waals surface area contributed by atoms with Gasteiger partial charge in [-0.15, -0.1) is 0 Å². The lowest BCUT2D eigenvalue weighted by Gasteiger charge is -2.54. The van der Waals surface area contributed by atoms with Crippen molar-refractivity contribution < 1.29 is 0 Å². The normalized spacial score (nSPS) is 37.2. The quantitative estimate of drug-likeness (QED) is 0.233. The summed E-state index contributed by atoms with van der Waals surface area (Å²) < 4.78 is 0. The number of rotatable bonds is 9. The van der Waals surface area contributed by atoms with Crippen LogP contribution in [0.4, 0.5) is 0 Å². The first-order chi connectivity index (χ1) is 29.6. The lowest BCUT2D eigenvalue weighted by Crippen LogP contribution is -2.59. The first-order valence-electron chi connectivity index (χ1n) is 26.3. The molecule has 2 heteroatoms. The minimum Gasteiger partial charge on any atom is -0.307 e. The third-order valence-electron chi connectivity index (χ3n) is 17.7. The van der Waals surface area contributed by atoms with Crippen LogP contribution in [0.15, 0.2) is 107 Å². The Morgan fingerprint density at radius 1 is 0.597 bits per heavy atom. The summed E-state index contributed by atoms with van der Waals surface area (Å²) in [4.78, 5) is 3.17. The number of hydrogen-bond acceptors (Lipinski definition) is 2. The van der Waals surface area contributed by atoms with E-state index in [1.807, 2.05) is 0 Å². The maximum absolute atomic E-state index is 4.74. The molecule has 8 aliphatic carbocycles. The van der Waals surface area contributed by atoms with Crippen LogP contribution in [0.1, 0.15) is 178 Å². The van der Waals surface area contributed by atoms with Gasteiger partial charge in [-0.25, -0.2) is 0 Å². The average Bonchev–Trinajstić information content (AvgIpc) is 3.27. The highest BCUT2D eigenvalue weighted by atomic mass is 15.2. The molecule has 340 valence electrons. The molecule has 0 heterocycles. The molecule has 8 aliphatic rings. The third kappa shape index (κ3) is 10.8. The lowest BCUT2D eigenvalue weighted by molar-refractivity contribution is 0.0138. The van der Waals surface area contributed by atoms with Crippen LogP contribution in [-0.4, -0.2) is 35.1 Å². The van der Waals surface area contributed by atoms with Crippen LogP contribution in [0.25, 0.3) is 0 Å². The number of allylic oxidation sites excluding steroid dienone is 12. The van der Waals surface area contributed by atoms with Crippen LogP contribution in [-0.2, 0) is 0 Å². The van der Waals surface area contributed by atoms with E-state index in [1.165, 1.54) is 108 Å². The molecule has 1 saturated carbocycles. The maximum Gasteiger partial charge on any atom is 0.0352 e. The van der Waals surface area contributed by atoms with Crippen LogP contribution < -0.4 is 5.32 Å². The van der Waals surface area contributed by atoms with Gasteiger partial charge in [0.05, 0.1) is 0 Å². The predicted molar refractivity (Wildman–Crippen MR) is 268 cm³/mol. The number of nitrogens with one attached hydrogen (secondary N) is 1. The molecule has 0 aliphatic heterocycles. The number of nitrogens with zero attached hydrogens (tertiary/aromatic N) is 1. The Kier molecular flexibility index (Phi) is 14.6. The molecule has 0 aromatic heterocycles. The second kappa shape index (κ2) is 19.6. The lowest BCUT2D eigenvalue weighted by atomic mass is 9.62. The van der Waals surface area contributed by atoms with Crippen molar-refractivity contribution >= 4 is 0 Å². The summed E-state index contributed by atoms with van der Waals surface area (Å²) in [6.45, 7) is 22.7. The van der Waals surface area contributed by atoms with Gasteiger partial charge in [0.2, 0.25) is 0 Å². The van der Waals surface area contributed by atoms with E-state index in [4.69, 9.17) is 5.32 Å². The Morgan fingerprint density at radius 2 is 1.32 bits per heavy atom. The maximum atomic E-state index is 4.74. The summed E-state index contributed by atoms with van der Waals surface area (Å²) in [5.41, 5.74) is 7.71. The van der Waals surface area contributed by atoms with Gasteiger partial charge in [0.25, 0.3) is 0 Å². The van der Waals surface area contributed by atoms with Crippen LogP contribution in [0, 0.1) is 57.7 Å². The van der Waals surface area contributed by atoms with Gasteiger partial charge in [0, 0.05) is 36.1 Å². The molecule has 62 heavy (non-hydrogen) atoms. The molecule has 0 radical (unpaired) electrons. The van der Waals surface area contributed by atoms with Crippen LogP contribution in [0.2, 0.25) is 0 Å². The second-order valence-electron chi connectivity index (χ2n) is 24.9.